The summed E-state index contributed by atoms with van der Waals surface area (Å²) in [6.07, 6.45) is 4.90. The molecule has 5 nitrogen and oxygen atoms in total. The lowest BCUT2D eigenvalue weighted by molar-refractivity contribution is -0.117. The second kappa shape index (κ2) is 10.2. The number of rotatable bonds is 9. The Balaban J connectivity index is 2.07. The summed E-state index contributed by atoms with van der Waals surface area (Å²) in [5, 5.41) is 2.96. The molecule has 2 aromatic carbocycles. The SMILES string of the molecule is C=CCOc1ccc(/C=C/C(=O)N[C@H](C)c2cc(C)ccc2OC)cc1OC. The smallest absolute Gasteiger partial charge is 0.244 e. The molecule has 148 valence electrons. The largest absolute Gasteiger partial charge is 0.496 e. The summed E-state index contributed by atoms with van der Waals surface area (Å²) in [7, 11) is 3.20. The van der Waals surface area contributed by atoms with E-state index in [1.165, 1.54) is 6.08 Å². The van der Waals surface area contributed by atoms with Crippen LogP contribution in [0, 0.1) is 6.92 Å². The number of carbonyl (C=O) groups is 1. The van der Waals surface area contributed by atoms with Crippen molar-refractivity contribution in [1.29, 1.82) is 0 Å². The zero-order valence-electron chi connectivity index (χ0n) is 16.8. The van der Waals surface area contributed by atoms with Gasteiger partial charge >= 0.3 is 0 Å². The van der Waals surface area contributed by atoms with Crippen molar-refractivity contribution >= 4 is 12.0 Å². The van der Waals surface area contributed by atoms with Gasteiger partial charge in [0.25, 0.3) is 0 Å². The maximum absolute atomic E-state index is 12.3. The Morgan fingerprint density at radius 1 is 1.11 bits per heavy atom. The molecule has 0 aliphatic carbocycles. The van der Waals surface area contributed by atoms with E-state index in [0.717, 1.165) is 22.4 Å². The summed E-state index contributed by atoms with van der Waals surface area (Å²) in [5.41, 5.74) is 2.88. The van der Waals surface area contributed by atoms with Crippen LogP contribution in [0.4, 0.5) is 0 Å². The van der Waals surface area contributed by atoms with Crippen LogP contribution in [0.15, 0.2) is 55.1 Å². The molecular formula is C23H27NO4. The van der Waals surface area contributed by atoms with Gasteiger partial charge in [0.15, 0.2) is 11.5 Å². The van der Waals surface area contributed by atoms with Gasteiger partial charge in [0.1, 0.15) is 12.4 Å². The molecule has 2 rings (SSSR count). The van der Waals surface area contributed by atoms with Crippen molar-refractivity contribution in [2.45, 2.75) is 19.9 Å². The number of aryl methyl sites for hydroxylation is 1. The number of hydrogen-bond donors (Lipinski definition) is 1. The Hall–Kier alpha value is -3.21. The van der Waals surface area contributed by atoms with E-state index in [-0.39, 0.29) is 11.9 Å². The number of methoxy groups -OCH3 is 2. The van der Waals surface area contributed by atoms with E-state index in [9.17, 15) is 4.79 Å². The van der Waals surface area contributed by atoms with Gasteiger partial charge in [-0.05, 0) is 43.7 Å². The summed E-state index contributed by atoms with van der Waals surface area (Å²) in [5.74, 6) is 1.79. The van der Waals surface area contributed by atoms with Gasteiger partial charge in [-0.2, -0.15) is 0 Å². The average molecular weight is 381 g/mol. The normalized spacial score (nSPS) is 11.7. The highest BCUT2D eigenvalue weighted by Crippen LogP contribution is 2.29. The lowest BCUT2D eigenvalue weighted by Gasteiger charge is -2.17. The summed E-state index contributed by atoms with van der Waals surface area (Å²) in [6, 6.07) is 11.2. The molecule has 1 N–H and O–H groups in total. The Labute approximate surface area is 166 Å². The Kier molecular flexibility index (Phi) is 7.69. The molecule has 0 bridgehead atoms. The minimum atomic E-state index is -0.193. The van der Waals surface area contributed by atoms with Gasteiger partial charge < -0.3 is 19.5 Å². The maximum atomic E-state index is 12.3. The van der Waals surface area contributed by atoms with E-state index in [0.29, 0.717) is 18.1 Å². The first-order chi connectivity index (χ1) is 13.5. The van der Waals surface area contributed by atoms with Gasteiger partial charge in [-0.25, -0.2) is 0 Å². The Morgan fingerprint density at radius 2 is 1.82 bits per heavy atom. The van der Waals surface area contributed by atoms with Crippen molar-refractivity contribution in [3.05, 3.63) is 71.8 Å². The van der Waals surface area contributed by atoms with Gasteiger partial charge in [-0.3, -0.25) is 4.79 Å². The molecule has 5 heteroatoms. The van der Waals surface area contributed by atoms with Crippen LogP contribution in [-0.4, -0.2) is 26.7 Å². The van der Waals surface area contributed by atoms with Crippen LogP contribution in [0.1, 0.15) is 29.7 Å². The number of nitrogens with one attached hydrogen (secondary N) is 1. The van der Waals surface area contributed by atoms with Crippen molar-refractivity contribution in [2.75, 3.05) is 20.8 Å². The fourth-order valence-corrected chi connectivity index (χ4v) is 2.76. The number of hydrogen-bond acceptors (Lipinski definition) is 4. The summed E-state index contributed by atoms with van der Waals surface area (Å²) < 4.78 is 16.3. The van der Waals surface area contributed by atoms with Crippen LogP contribution in [0.5, 0.6) is 17.2 Å². The van der Waals surface area contributed by atoms with E-state index >= 15 is 0 Å². The van der Waals surface area contributed by atoms with Crippen molar-refractivity contribution in [3.8, 4) is 17.2 Å². The van der Waals surface area contributed by atoms with Crippen LogP contribution < -0.4 is 19.5 Å². The summed E-state index contributed by atoms with van der Waals surface area (Å²) in [4.78, 5) is 12.3. The molecule has 0 spiro atoms. The monoisotopic (exact) mass is 381 g/mol. The van der Waals surface area contributed by atoms with Crippen molar-refractivity contribution in [1.82, 2.24) is 5.32 Å². The number of amides is 1. The third-order valence-electron chi connectivity index (χ3n) is 4.18. The third-order valence-corrected chi connectivity index (χ3v) is 4.18. The second-order valence-corrected chi connectivity index (χ2v) is 6.32. The number of ether oxygens (including phenoxy) is 3. The molecule has 0 fully saturated rings. The molecule has 0 aliphatic heterocycles. The summed E-state index contributed by atoms with van der Waals surface area (Å²) in [6.45, 7) is 7.96. The van der Waals surface area contributed by atoms with E-state index in [2.05, 4.69) is 11.9 Å². The maximum Gasteiger partial charge on any atom is 0.244 e. The molecule has 0 heterocycles. The zero-order chi connectivity index (χ0) is 20.5. The predicted molar refractivity (Wildman–Crippen MR) is 112 cm³/mol. The van der Waals surface area contributed by atoms with E-state index in [1.807, 2.05) is 44.2 Å². The molecule has 0 saturated carbocycles. The van der Waals surface area contributed by atoms with Gasteiger partial charge in [0.2, 0.25) is 5.91 Å². The van der Waals surface area contributed by atoms with Crippen LogP contribution in [-0.2, 0) is 4.79 Å². The van der Waals surface area contributed by atoms with Crippen molar-refractivity contribution < 1.29 is 19.0 Å². The second-order valence-electron chi connectivity index (χ2n) is 6.32. The van der Waals surface area contributed by atoms with Crippen LogP contribution in [0.3, 0.4) is 0 Å². The molecule has 0 unspecified atom stereocenters. The van der Waals surface area contributed by atoms with Crippen LogP contribution >= 0.6 is 0 Å². The molecule has 0 aromatic heterocycles. The molecule has 28 heavy (non-hydrogen) atoms. The molecule has 0 aliphatic rings. The highest BCUT2D eigenvalue weighted by molar-refractivity contribution is 5.92. The standard InChI is InChI=1S/C23H27NO4/c1-6-13-28-21-11-8-18(15-22(21)27-5)9-12-23(25)24-17(3)19-14-16(2)7-10-20(19)26-4/h6-12,14-15,17H,1,13H2,2-5H3,(H,24,25)/b12-9+/t17-/m1/s1. The van der Waals surface area contributed by atoms with Crippen molar-refractivity contribution in [3.63, 3.8) is 0 Å². The zero-order valence-corrected chi connectivity index (χ0v) is 16.8. The fourth-order valence-electron chi connectivity index (χ4n) is 2.76. The Morgan fingerprint density at radius 3 is 2.50 bits per heavy atom. The van der Waals surface area contributed by atoms with E-state index < -0.39 is 0 Å². The van der Waals surface area contributed by atoms with E-state index in [1.54, 1.807) is 32.4 Å². The first-order valence-corrected chi connectivity index (χ1v) is 9.03. The van der Waals surface area contributed by atoms with Gasteiger partial charge in [-0.15, -0.1) is 0 Å². The van der Waals surface area contributed by atoms with Crippen LogP contribution in [0.2, 0.25) is 0 Å². The Bertz CT molecular complexity index is 858. The summed E-state index contributed by atoms with van der Waals surface area (Å²) >= 11 is 0. The fraction of sp³-hybridized carbons (Fsp3) is 0.261. The van der Waals surface area contributed by atoms with Crippen LogP contribution in [0.25, 0.3) is 6.08 Å². The van der Waals surface area contributed by atoms with Gasteiger partial charge in [-0.1, -0.05) is 36.4 Å². The van der Waals surface area contributed by atoms with Gasteiger partial charge in [0.05, 0.1) is 20.3 Å². The lowest BCUT2D eigenvalue weighted by atomic mass is 10.0. The topological polar surface area (TPSA) is 56.8 Å². The van der Waals surface area contributed by atoms with E-state index in [4.69, 9.17) is 14.2 Å². The molecule has 1 atom stereocenters. The van der Waals surface area contributed by atoms with Crippen molar-refractivity contribution in [2.24, 2.45) is 0 Å². The quantitative estimate of drug-likeness (QED) is 0.514. The number of carbonyl (C=O) groups excluding carboxylic acids is 1. The molecule has 0 radical (unpaired) electrons. The predicted octanol–water partition coefficient (Wildman–Crippen LogP) is 4.47. The first-order valence-electron chi connectivity index (χ1n) is 9.03. The third kappa shape index (κ3) is 5.64. The minimum Gasteiger partial charge on any atom is -0.496 e. The highest BCUT2D eigenvalue weighted by atomic mass is 16.5. The lowest BCUT2D eigenvalue weighted by Crippen LogP contribution is -2.25. The molecule has 2 aromatic rings. The average Bonchev–Trinajstić information content (AvgIpc) is 2.70. The van der Waals surface area contributed by atoms with Gasteiger partial charge in [0, 0.05) is 11.6 Å². The first kappa shape index (κ1) is 21.1. The molecular weight excluding hydrogens is 354 g/mol. The number of benzene rings is 2. The molecule has 0 saturated heterocycles. The highest BCUT2D eigenvalue weighted by Gasteiger charge is 2.13. The minimum absolute atomic E-state index is 0.184. The molecule has 1 amide bonds.